The van der Waals surface area contributed by atoms with Gasteiger partial charge in [0.05, 0.1) is 0 Å². The molecule has 2 aliphatic rings. The number of hydrogen-bond donors (Lipinski definition) is 0. The van der Waals surface area contributed by atoms with Gasteiger partial charge in [-0.15, -0.1) is 0 Å². The van der Waals surface area contributed by atoms with Gasteiger partial charge in [0.1, 0.15) is 11.6 Å². The minimum atomic E-state index is -0.707. The molecule has 2 bridgehead atoms. The number of fused-ring (bicyclic) bond motifs is 2. The second kappa shape index (κ2) is 5.13. The Morgan fingerprint density at radius 2 is 1.75 bits per heavy atom. The van der Waals surface area contributed by atoms with Crippen molar-refractivity contribution >= 4 is 5.91 Å². The quantitative estimate of drug-likeness (QED) is 0.788. The molecule has 0 radical (unpaired) electrons. The highest BCUT2D eigenvalue weighted by atomic mass is 19.1. The normalized spacial score (nSPS) is 26.6. The minimum absolute atomic E-state index is 0.0999. The van der Waals surface area contributed by atoms with Crippen LogP contribution in [-0.4, -0.2) is 47.9 Å². The van der Waals surface area contributed by atoms with E-state index in [1.54, 1.807) is 4.90 Å². The average Bonchev–Trinajstić information content (AvgIpc) is 2.61. The van der Waals surface area contributed by atoms with E-state index in [4.69, 9.17) is 0 Å². The van der Waals surface area contributed by atoms with E-state index in [-0.39, 0.29) is 11.5 Å². The summed E-state index contributed by atoms with van der Waals surface area (Å²) in [4.78, 5) is 16.5. The molecule has 0 aromatic heterocycles. The highest BCUT2D eigenvalue weighted by molar-refractivity contribution is 5.94. The molecular weight excluding hydrogens is 262 g/mol. The molecule has 2 saturated heterocycles. The Morgan fingerprint density at radius 1 is 1.10 bits per heavy atom. The van der Waals surface area contributed by atoms with Crippen molar-refractivity contribution in [1.82, 2.24) is 9.80 Å². The third kappa shape index (κ3) is 2.42. The topological polar surface area (TPSA) is 23.6 Å². The van der Waals surface area contributed by atoms with Gasteiger partial charge in [-0.2, -0.15) is 0 Å². The van der Waals surface area contributed by atoms with Crippen molar-refractivity contribution in [2.24, 2.45) is 0 Å². The first-order valence-electron chi connectivity index (χ1n) is 7.02. The Labute approximate surface area is 117 Å². The van der Waals surface area contributed by atoms with Crippen molar-refractivity contribution in [2.75, 3.05) is 20.1 Å². The van der Waals surface area contributed by atoms with Crippen molar-refractivity contribution in [3.05, 3.63) is 35.4 Å². The van der Waals surface area contributed by atoms with Crippen LogP contribution in [0.1, 0.15) is 29.6 Å². The summed E-state index contributed by atoms with van der Waals surface area (Å²) in [5.41, 5.74) is 0.0999. The smallest absolute Gasteiger partial charge is 0.254 e. The van der Waals surface area contributed by atoms with Crippen LogP contribution < -0.4 is 0 Å². The lowest BCUT2D eigenvalue weighted by atomic mass is 10.1. The number of likely N-dealkylation sites (tertiary alicyclic amines) is 1. The first-order chi connectivity index (χ1) is 9.54. The molecule has 2 unspecified atom stereocenters. The fourth-order valence-electron chi connectivity index (χ4n) is 3.35. The fourth-order valence-corrected chi connectivity index (χ4v) is 3.35. The summed E-state index contributed by atoms with van der Waals surface area (Å²) < 4.78 is 26.5. The van der Waals surface area contributed by atoms with Crippen LogP contribution in [-0.2, 0) is 0 Å². The van der Waals surface area contributed by atoms with Crippen LogP contribution in [0.25, 0.3) is 0 Å². The van der Waals surface area contributed by atoms with Gasteiger partial charge in [-0.3, -0.25) is 9.69 Å². The maximum Gasteiger partial charge on any atom is 0.254 e. The Bertz CT molecular complexity index is 514. The molecular formula is C15H18F2N2O. The lowest BCUT2D eigenvalue weighted by Gasteiger charge is -2.26. The molecule has 0 saturated carbocycles. The van der Waals surface area contributed by atoms with E-state index in [1.165, 1.54) is 6.42 Å². The molecule has 20 heavy (non-hydrogen) atoms. The van der Waals surface area contributed by atoms with Crippen molar-refractivity contribution in [3.63, 3.8) is 0 Å². The van der Waals surface area contributed by atoms with Crippen LogP contribution in [0, 0.1) is 11.6 Å². The summed E-state index contributed by atoms with van der Waals surface area (Å²) in [5, 5.41) is 0. The van der Waals surface area contributed by atoms with Gasteiger partial charge in [-0.1, -0.05) is 0 Å². The number of carbonyl (C=O) groups excluding carboxylic acids is 1. The molecule has 2 aliphatic heterocycles. The number of amides is 1. The Kier molecular flexibility index (Phi) is 3.46. The lowest BCUT2D eigenvalue weighted by Crippen LogP contribution is -2.39. The second-order valence-electron chi connectivity index (χ2n) is 5.75. The van der Waals surface area contributed by atoms with Gasteiger partial charge in [-0.25, -0.2) is 8.78 Å². The summed E-state index contributed by atoms with van der Waals surface area (Å²) >= 11 is 0. The number of benzene rings is 1. The van der Waals surface area contributed by atoms with E-state index < -0.39 is 11.6 Å². The summed E-state index contributed by atoms with van der Waals surface area (Å²) in [7, 11) is 2.10. The van der Waals surface area contributed by atoms with E-state index >= 15 is 0 Å². The van der Waals surface area contributed by atoms with E-state index in [0.717, 1.165) is 31.0 Å². The molecule has 1 amide bonds. The minimum Gasteiger partial charge on any atom is -0.337 e. The molecule has 3 rings (SSSR count). The molecule has 0 spiro atoms. The monoisotopic (exact) mass is 280 g/mol. The average molecular weight is 280 g/mol. The molecule has 108 valence electrons. The van der Waals surface area contributed by atoms with E-state index in [1.807, 2.05) is 0 Å². The van der Waals surface area contributed by atoms with Gasteiger partial charge in [0.25, 0.3) is 5.91 Å². The molecule has 5 heteroatoms. The molecule has 1 aromatic rings. The lowest BCUT2D eigenvalue weighted by molar-refractivity contribution is 0.0739. The van der Waals surface area contributed by atoms with E-state index in [9.17, 15) is 13.6 Å². The second-order valence-corrected chi connectivity index (χ2v) is 5.75. The Morgan fingerprint density at radius 3 is 2.45 bits per heavy atom. The first kappa shape index (κ1) is 13.5. The predicted molar refractivity (Wildman–Crippen MR) is 71.5 cm³/mol. The summed E-state index contributed by atoms with van der Waals surface area (Å²) in [5.74, 6) is -1.69. The highest BCUT2D eigenvalue weighted by Crippen LogP contribution is 2.29. The zero-order valence-electron chi connectivity index (χ0n) is 11.5. The van der Waals surface area contributed by atoms with E-state index in [2.05, 4.69) is 11.9 Å². The number of halogens is 2. The van der Waals surface area contributed by atoms with Crippen LogP contribution in [0.3, 0.4) is 0 Å². The van der Waals surface area contributed by atoms with Crippen molar-refractivity contribution in [1.29, 1.82) is 0 Å². The molecule has 0 N–H and O–H groups in total. The summed E-state index contributed by atoms with van der Waals surface area (Å²) in [6.45, 7) is 1.30. The van der Waals surface area contributed by atoms with Crippen LogP contribution in [0.15, 0.2) is 18.2 Å². The SMILES string of the molecule is CN1C2CCC1CN(C(=O)c1cc(F)cc(F)c1)CC2. The number of hydrogen-bond acceptors (Lipinski definition) is 2. The predicted octanol–water partition coefficient (Wildman–Crippen LogP) is 2.27. The van der Waals surface area contributed by atoms with Crippen LogP contribution in [0.5, 0.6) is 0 Å². The van der Waals surface area contributed by atoms with Crippen LogP contribution in [0.2, 0.25) is 0 Å². The van der Waals surface area contributed by atoms with E-state index in [0.29, 0.717) is 25.2 Å². The maximum absolute atomic E-state index is 13.2. The molecule has 2 atom stereocenters. The molecule has 2 heterocycles. The fraction of sp³-hybridized carbons (Fsp3) is 0.533. The maximum atomic E-state index is 13.2. The third-order valence-corrected chi connectivity index (χ3v) is 4.55. The van der Waals surface area contributed by atoms with Gasteiger partial charge >= 0.3 is 0 Å². The Balaban J connectivity index is 1.80. The van der Waals surface area contributed by atoms with Gasteiger partial charge in [0, 0.05) is 36.8 Å². The third-order valence-electron chi connectivity index (χ3n) is 4.55. The standard InChI is InChI=1S/C15H18F2N2O/c1-18-13-2-3-14(18)9-19(5-4-13)15(20)10-6-11(16)8-12(17)7-10/h6-8,13-14H,2-5,9H2,1H3. The molecule has 3 nitrogen and oxygen atoms in total. The van der Waals surface area contributed by atoms with Gasteiger partial charge in [0.15, 0.2) is 0 Å². The van der Waals surface area contributed by atoms with Crippen molar-refractivity contribution in [3.8, 4) is 0 Å². The summed E-state index contributed by atoms with van der Waals surface area (Å²) in [6, 6.07) is 3.90. The van der Waals surface area contributed by atoms with Gasteiger partial charge in [0.2, 0.25) is 0 Å². The largest absolute Gasteiger partial charge is 0.337 e. The zero-order chi connectivity index (χ0) is 14.3. The van der Waals surface area contributed by atoms with Crippen LogP contribution in [0.4, 0.5) is 8.78 Å². The van der Waals surface area contributed by atoms with Crippen LogP contribution >= 0.6 is 0 Å². The number of nitrogens with zero attached hydrogens (tertiary/aromatic N) is 2. The number of carbonyl (C=O) groups is 1. The summed E-state index contributed by atoms with van der Waals surface area (Å²) in [6.07, 6.45) is 3.19. The highest BCUT2D eigenvalue weighted by Gasteiger charge is 2.36. The number of rotatable bonds is 1. The number of likely N-dealkylation sites (N-methyl/N-ethyl adjacent to an activating group) is 1. The van der Waals surface area contributed by atoms with Crippen molar-refractivity contribution in [2.45, 2.75) is 31.3 Å². The molecule has 2 fully saturated rings. The van der Waals surface area contributed by atoms with Gasteiger partial charge < -0.3 is 4.90 Å². The zero-order valence-corrected chi connectivity index (χ0v) is 11.5. The molecule has 0 aliphatic carbocycles. The Hall–Kier alpha value is -1.49. The first-order valence-corrected chi connectivity index (χ1v) is 7.02. The van der Waals surface area contributed by atoms with Crippen molar-refractivity contribution < 1.29 is 13.6 Å². The van der Waals surface area contributed by atoms with Gasteiger partial charge in [-0.05, 0) is 38.4 Å². The molecule has 1 aromatic carbocycles.